The van der Waals surface area contributed by atoms with Crippen molar-refractivity contribution in [2.75, 3.05) is 27.2 Å². The van der Waals surface area contributed by atoms with Crippen LogP contribution in [0.15, 0.2) is 30.3 Å². The average molecular weight is 356 g/mol. The zero-order valence-electron chi connectivity index (χ0n) is 15.6. The van der Waals surface area contributed by atoms with Crippen LogP contribution in [0.4, 0.5) is 0 Å². The number of aromatic nitrogens is 2. The van der Waals surface area contributed by atoms with E-state index in [0.29, 0.717) is 18.3 Å². The number of carbonyl (C=O) groups excluding carboxylic acids is 1. The molecule has 140 valence electrons. The fourth-order valence-electron chi connectivity index (χ4n) is 3.75. The summed E-state index contributed by atoms with van der Waals surface area (Å²) in [5.74, 6) is -0.120. The fraction of sp³-hybridized carbons (Fsp3) is 0.500. The van der Waals surface area contributed by atoms with Crippen LogP contribution in [0.25, 0.3) is 0 Å². The van der Waals surface area contributed by atoms with Crippen molar-refractivity contribution in [2.45, 2.75) is 38.3 Å². The van der Waals surface area contributed by atoms with Crippen LogP contribution in [0, 0.1) is 0 Å². The molecule has 3 rings (SSSR count). The lowest BCUT2D eigenvalue weighted by atomic mass is 9.90. The number of carbonyl (C=O) groups is 1. The molecule has 0 unspecified atom stereocenters. The van der Waals surface area contributed by atoms with Gasteiger partial charge in [0.05, 0.1) is 6.61 Å². The number of likely N-dealkylation sites (N-methyl/N-ethyl adjacent to an activating group) is 1. The Labute approximate surface area is 154 Å². The molecule has 1 amide bonds. The molecule has 1 aliphatic rings. The SMILES string of the molecule is CNC(=O)c1nn(CCc2ccccc2)c2c1C[C@@H](N(C)CCO)CC2. The summed E-state index contributed by atoms with van der Waals surface area (Å²) in [6.45, 7) is 1.58. The Morgan fingerprint density at radius 2 is 2.15 bits per heavy atom. The summed E-state index contributed by atoms with van der Waals surface area (Å²) in [7, 11) is 3.68. The highest BCUT2D eigenvalue weighted by atomic mass is 16.3. The first-order valence-corrected chi connectivity index (χ1v) is 9.29. The number of amides is 1. The van der Waals surface area contributed by atoms with Crippen LogP contribution in [0.5, 0.6) is 0 Å². The Kier molecular flexibility index (Phi) is 6.06. The Morgan fingerprint density at radius 1 is 1.38 bits per heavy atom. The zero-order chi connectivity index (χ0) is 18.5. The second kappa shape index (κ2) is 8.47. The number of fused-ring (bicyclic) bond motifs is 1. The molecule has 0 saturated carbocycles. The normalized spacial score (nSPS) is 16.5. The average Bonchev–Trinajstić information content (AvgIpc) is 3.04. The van der Waals surface area contributed by atoms with Gasteiger partial charge in [0.2, 0.25) is 0 Å². The van der Waals surface area contributed by atoms with E-state index in [9.17, 15) is 9.90 Å². The molecule has 0 bridgehead atoms. The van der Waals surface area contributed by atoms with Crippen LogP contribution in [0.3, 0.4) is 0 Å². The highest BCUT2D eigenvalue weighted by molar-refractivity contribution is 5.93. The Hall–Kier alpha value is -2.18. The largest absolute Gasteiger partial charge is 0.395 e. The Bertz CT molecular complexity index is 742. The number of hydrogen-bond donors (Lipinski definition) is 2. The van der Waals surface area contributed by atoms with Gasteiger partial charge in [0, 0.05) is 37.4 Å². The predicted octanol–water partition coefficient (Wildman–Crippen LogP) is 1.27. The number of nitrogens with one attached hydrogen (secondary N) is 1. The number of hydrogen-bond acceptors (Lipinski definition) is 4. The summed E-state index contributed by atoms with van der Waals surface area (Å²) in [6.07, 6.45) is 3.64. The van der Waals surface area contributed by atoms with Gasteiger partial charge in [-0.15, -0.1) is 0 Å². The monoisotopic (exact) mass is 356 g/mol. The van der Waals surface area contributed by atoms with Gasteiger partial charge in [0.15, 0.2) is 5.69 Å². The first-order valence-electron chi connectivity index (χ1n) is 9.29. The Balaban J connectivity index is 1.83. The van der Waals surface area contributed by atoms with Gasteiger partial charge in [-0.05, 0) is 38.3 Å². The Morgan fingerprint density at radius 3 is 2.85 bits per heavy atom. The first-order chi connectivity index (χ1) is 12.6. The molecule has 6 nitrogen and oxygen atoms in total. The lowest BCUT2D eigenvalue weighted by molar-refractivity contribution is 0.0955. The van der Waals surface area contributed by atoms with Crippen molar-refractivity contribution < 1.29 is 9.90 Å². The van der Waals surface area contributed by atoms with Crippen molar-refractivity contribution >= 4 is 5.91 Å². The van der Waals surface area contributed by atoms with Gasteiger partial charge in [-0.3, -0.25) is 9.48 Å². The van der Waals surface area contributed by atoms with E-state index in [1.54, 1.807) is 7.05 Å². The summed E-state index contributed by atoms with van der Waals surface area (Å²) in [4.78, 5) is 14.5. The van der Waals surface area contributed by atoms with Crippen molar-refractivity contribution in [3.63, 3.8) is 0 Å². The van der Waals surface area contributed by atoms with Gasteiger partial charge < -0.3 is 15.3 Å². The van der Waals surface area contributed by atoms with Gasteiger partial charge in [-0.25, -0.2) is 0 Å². The quantitative estimate of drug-likeness (QED) is 0.784. The van der Waals surface area contributed by atoms with Crippen LogP contribution in [-0.2, 0) is 25.8 Å². The fourth-order valence-corrected chi connectivity index (χ4v) is 3.75. The third kappa shape index (κ3) is 3.97. The van der Waals surface area contributed by atoms with E-state index in [0.717, 1.165) is 37.8 Å². The molecule has 1 aromatic carbocycles. The minimum Gasteiger partial charge on any atom is -0.395 e. The van der Waals surface area contributed by atoms with Crippen molar-refractivity contribution in [3.8, 4) is 0 Å². The summed E-state index contributed by atoms with van der Waals surface area (Å²) < 4.78 is 2.02. The maximum absolute atomic E-state index is 12.3. The van der Waals surface area contributed by atoms with Crippen molar-refractivity contribution in [3.05, 3.63) is 52.8 Å². The van der Waals surface area contributed by atoms with Crippen LogP contribution in [-0.4, -0.2) is 59.0 Å². The molecule has 0 saturated heterocycles. The van der Waals surface area contributed by atoms with E-state index in [-0.39, 0.29) is 12.5 Å². The molecule has 0 radical (unpaired) electrons. The molecule has 26 heavy (non-hydrogen) atoms. The molecule has 1 aliphatic carbocycles. The van der Waals surface area contributed by atoms with Crippen molar-refractivity contribution in [1.29, 1.82) is 0 Å². The molecule has 2 aromatic rings. The maximum Gasteiger partial charge on any atom is 0.271 e. The van der Waals surface area contributed by atoms with E-state index < -0.39 is 0 Å². The minimum absolute atomic E-state index is 0.120. The molecule has 6 heteroatoms. The molecule has 1 aromatic heterocycles. The van der Waals surface area contributed by atoms with Crippen LogP contribution >= 0.6 is 0 Å². The minimum atomic E-state index is -0.120. The molecule has 2 N–H and O–H groups in total. The topological polar surface area (TPSA) is 70.4 Å². The first kappa shape index (κ1) is 18.6. The smallest absolute Gasteiger partial charge is 0.271 e. The molecule has 1 heterocycles. The summed E-state index contributed by atoms with van der Waals surface area (Å²) in [6, 6.07) is 10.7. The number of rotatable bonds is 7. The third-order valence-corrected chi connectivity index (χ3v) is 5.29. The van der Waals surface area contributed by atoms with E-state index >= 15 is 0 Å². The number of nitrogens with zero attached hydrogens (tertiary/aromatic N) is 3. The van der Waals surface area contributed by atoms with Gasteiger partial charge in [0.1, 0.15) is 0 Å². The van der Waals surface area contributed by atoms with Gasteiger partial charge >= 0.3 is 0 Å². The number of benzene rings is 1. The molecule has 1 atom stereocenters. The standard InChI is InChI=1S/C20H28N4O2/c1-21-20(26)19-17-14-16(23(2)12-13-25)8-9-18(17)24(22-19)11-10-15-6-4-3-5-7-15/h3-7,16,25H,8-14H2,1-2H3,(H,21,26)/t16-/m0/s1. The summed E-state index contributed by atoms with van der Waals surface area (Å²) in [5, 5.41) is 16.6. The maximum atomic E-state index is 12.3. The van der Waals surface area contributed by atoms with Crippen molar-refractivity contribution in [2.24, 2.45) is 0 Å². The van der Waals surface area contributed by atoms with Crippen LogP contribution < -0.4 is 5.32 Å². The number of aryl methyl sites for hydroxylation is 2. The van der Waals surface area contributed by atoms with E-state index in [1.165, 1.54) is 11.3 Å². The van der Waals surface area contributed by atoms with Crippen LogP contribution in [0.1, 0.15) is 33.7 Å². The van der Waals surface area contributed by atoms with Crippen molar-refractivity contribution in [1.82, 2.24) is 20.0 Å². The number of aliphatic hydroxyl groups excluding tert-OH is 1. The third-order valence-electron chi connectivity index (χ3n) is 5.29. The van der Waals surface area contributed by atoms with Gasteiger partial charge in [-0.1, -0.05) is 30.3 Å². The molecule has 0 fully saturated rings. The van der Waals surface area contributed by atoms with E-state index in [4.69, 9.17) is 0 Å². The van der Waals surface area contributed by atoms with Gasteiger partial charge in [-0.2, -0.15) is 5.10 Å². The highest BCUT2D eigenvalue weighted by Crippen LogP contribution is 2.27. The van der Waals surface area contributed by atoms with Crippen LogP contribution in [0.2, 0.25) is 0 Å². The summed E-state index contributed by atoms with van der Waals surface area (Å²) in [5.41, 5.74) is 4.08. The summed E-state index contributed by atoms with van der Waals surface area (Å²) >= 11 is 0. The van der Waals surface area contributed by atoms with E-state index in [1.807, 2.05) is 29.9 Å². The molecular formula is C20H28N4O2. The lowest BCUT2D eigenvalue weighted by Crippen LogP contribution is -2.38. The molecular weight excluding hydrogens is 328 g/mol. The second-order valence-corrected chi connectivity index (χ2v) is 6.91. The predicted molar refractivity (Wildman–Crippen MR) is 101 cm³/mol. The lowest BCUT2D eigenvalue weighted by Gasteiger charge is -2.31. The molecule has 0 spiro atoms. The molecule has 0 aliphatic heterocycles. The van der Waals surface area contributed by atoms with E-state index in [2.05, 4.69) is 27.4 Å². The van der Waals surface area contributed by atoms with Gasteiger partial charge in [0.25, 0.3) is 5.91 Å². The number of aliphatic hydroxyl groups is 1. The second-order valence-electron chi connectivity index (χ2n) is 6.91. The highest BCUT2D eigenvalue weighted by Gasteiger charge is 2.30. The zero-order valence-corrected chi connectivity index (χ0v) is 15.6.